The first-order valence-corrected chi connectivity index (χ1v) is 19.9. The fourth-order valence-corrected chi connectivity index (χ4v) is 4.91. The first-order valence-electron chi connectivity index (χ1n) is 19.9. The number of carbonyl (C=O) groups is 4. The number of hydrogen-bond acceptors (Lipinski definition) is 8. The van der Waals surface area contributed by atoms with Crippen LogP contribution >= 0.6 is 0 Å². The van der Waals surface area contributed by atoms with Gasteiger partial charge in [-0.05, 0) is 51.4 Å². The van der Waals surface area contributed by atoms with Crippen LogP contribution < -0.4 is 139 Å². The smallest absolute Gasteiger partial charge is 0.550 e. The first-order chi connectivity index (χ1) is 23.1. The predicted molar refractivity (Wildman–Crippen MR) is 190 cm³/mol. The molecule has 288 valence electrons. The van der Waals surface area contributed by atoms with Crippen LogP contribution in [0.2, 0.25) is 0 Å². The van der Waals surface area contributed by atoms with Gasteiger partial charge in [-0.25, -0.2) is 0 Å². The summed E-state index contributed by atoms with van der Waals surface area (Å²) in [5.41, 5.74) is 0. The van der Waals surface area contributed by atoms with Crippen molar-refractivity contribution in [1.82, 2.24) is 0 Å². The van der Waals surface area contributed by atoms with Gasteiger partial charge in [-0.2, -0.15) is 0 Å². The Labute approximate surface area is 409 Å². The van der Waals surface area contributed by atoms with Crippen molar-refractivity contribution >= 4 is 23.9 Å². The summed E-state index contributed by atoms with van der Waals surface area (Å²) in [4.78, 5) is 40.1. The maximum absolute atomic E-state index is 10.0. The van der Waals surface area contributed by atoms with Gasteiger partial charge in [0.1, 0.15) is 0 Å². The molecule has 0 heterocycles. The van der Waals surface area contributed by atoms with E-state index in [0.717, 1.165) is 51.4 Å². The van der Waals surface area contributed by atoms with Crippen molar-refractivity contribution in [1.29, 1.82) is 0 Å². The Kier molecular flexibility index (Phi) is 93.1. The Morgan fingerprint density at radius 2 is 0.365 bits per heavy atom. The second-order valence-corrected chi connectivity index (χ2v) is 13.0. The van der Waals surface area contributed by atoms with E-state index in [1.165, 1.54) is 128 Å². The Morgan fingerprint density at radius 3 is 0.481 bits per heavy atom. The van der Waals surface area contributed by atoms with E-state index in [0.29, 0.717) is 0 Å². The van der Waals surface area contributed by atoms with E-state index < -0.39 is 23.9 Å². The van der Waals surface area contributed by atoms with Gasteiger partial charge in [0, 0.05) is 23.9 Å². The quantitative estimate of drug-likeness (QED) is 0.0489. The number of rotatable bonds is 32. The molecule has 0 rings (SSSR count). The number of aliphatic carboxylic acids is 4. The minimum atomic E-state index is -0.913. The van der Waals surface area contributed by atoms with Crippen molar-refractivity contribution in [2.75, 3.05) is 0 Å². The van der Waals surface area contributed by atoms with Gasteiger partial charge < -0.3 is 39.6 Å². The largest absolute Gasteiger partial charge is 1.00 e. The summed E-state index contributed by atoms with van der Waals surface area (Å²) in [6.45, 7) is 8.76. The van der Waals surface area contributed by atoms with Crippen LogP contribution in [0.25, 0.3) is 0 Å². The summed E-state index contributed by atoms with van der Waals surface area (Å²) in [5.74, 6) is -3.65. The maximum atomic E-state index is 10.0. The molecule has 0 aliphatic rings. The van der Waals surface area contributed by atoms with Gasteiger partial charge in [0.25, 0.3) is 0 Å². The monoisotopic (exact) mass is 777 g/mol. The molecule has 0 N–H and O–H groups in total. The minimum Gasteiger partial charge on any atom is -0.550 e. The standard InChI is InChI=1S/4C10H20O2.4Na/c4*1-2-3-4-5-6-7-8-9-10(11)12;;;;/h4*2-9H2,1H3,(H,11,12);;;;/q;;;;4*+1/p-4. The van der Waals surface area contributed by atoms with Crippen LogP contribution in [-0.2, 0) is 19.2 Å². The van der Waals surface area contributed by atoms with E-state index in [2.05, 4.69) is 27.7 Å². The van der Waals surface area contributed by atoms with E-state index in [1.54, 1.807) is 0 Å². The molecule has 0 aliphatic carbocycles. The molecule has 8 nitrogen and oxygen atoms in total. The zero-order chi connectivity index (χ0) is 36.9. The van der Waals surface area contributed by atoms with Gasteiger partial charge in [0.05, 0.1) is 0 Å². The third-order valence-corrected chi connectivity index (χ3v) is 7.94. The van der Waals surface area contributed by atoms with Crippen LogP contribution in [0.4, 0.5) is 0 Å². The average Bonchev–Trinajstić information content (AvgIpc) is 3.03. The van der Waals surface area contributed by atoms with E-state index in [4.69, 9.17) is 0 Å². The van der Waals surface area contributed by atoms with Gasteiger partial charge in [-0.3, -0.25) is 0 Å². The van der Waals surface area contributed by atoms with Gasteiger partial charge in [-0.15, -0.1) is 0 Å². The summed E-state index contributed by atoms with van der Waals surface area (Å²) in [6.07, 6.45) is 33.4. The molecule has 0 saturated carbocycles. The topological polar surface area (TPSA) is 161 Å². The summed E-state index contributed by atoms with van der Waals surface area (Å²) < 4.78 is 0. The van der Waals surface area contributed by atoms with E-state index in [-0.39, 0.29) is 144 Å². The van der Waals surface area contributed by atoms with Crippen molar-refractivity contribution in [3.8, 4) is 0 Å². The molecule has 0 atom stereocenters. The molecule has 52 heavy (non-hydrogen) atoms. The van der Waals surface area contributed by atoms with Crippen LogP contribution in [0.15, 0.2) is 0 Å². The molecular weight excluding hydrogens is 700 g/mol. The fraction of sp³-hybridized carbons (Fsp3) is 0.900. The average molecular weight is 777 g/mol. The predicted octanol–water partition coefficient (Wildman–Crippen LogP) is -4.48. The molecule has 0 aromatic heterocycles. The second kappa shape index (κ2) is 67.6. The molecule has 0 unspecified atom stereocenters. The van der Waals surface area contributed by atoms with Crippen LogP contribution in [-0.4, -0.2) is 23.9 Å². The van der Waals surface area contributed by atoms with E-state index in [1.807, 2.05) is 0 Å². The molecule has 0 amide bonds. The molecule has 12 heteroatoms. The van der Waals surface area contributed by atoms with E-state index in [9.17, 15) is 39.6 Å². The van der Waals surface area contributed by atoms with Crippen LogP contribution in [0.3, 0.4) is 0 Å². The van der Waals surface area contributed by atoms with Crippen molar-refractivity contribution in [2.45, 2.75) is 233 Å². The third kappa shape index (κ3) is 93.6. The Morgan fingerprint density at radius 1 is 0.250 bits per heavy atom. The number of unbranched alkanes of at least 4 members (excludes halogenated alkanes) is 24. The molecule has 0 saturated heterocycles. The summed E-state index contributed by atoms with van der Waals surface area (Å²) in [5, 5.41) is 40.1. The Balaban J connectivity index is -0.0000000807. The van der Waals surface area contributed by atoms with Crippen molar-refractivity contribution in [3.05, 3.63) is 0 Å². The van der Waals surface area contributed by atoms with Gasteiger partial charge in [0.2, 0.25) is 0 Å². The normalized spacial score (nSPS) is 9.31. The summed E-state index contributed by atoms with van der Waals surface area (Å²) in [6, 6.07) is 0. The number of carboxylic acid groups (broad SMARTS) is 4. The second-order valence-electron chi connectivity index (χ2n) is 13.0. The molecule has 0 aromatic rings. The minimum absolute atomic E-state index is 0. The molecule has 0 bridgehead atoms. The fourth-order valence-electron chi connectivity index (χ4n) is 4.91. The number of carbonyl (C=O) groups excluding carboxylic acids is 4. The zero-order valence-corrected chi connectivity index (χ0v) is 43.9. The Hall–Kier alpha value is 1.88. The van der Waals surface area contributed by atoms with Crippen molar-refractivity contribution in [3.63, 3.8) is 0 Å². The van der Waals surface area contributed by atoms with Crippen molar-refractivity contribution < 1.29 is 158 Å². The zero-order valence-electron chi connectivity index (χ0n) is 35.9. The molecule has 0 spiro atoms. The van der Waals surface area contributed by atoms with E-state index >= 15 is 0 Å². The van der Waals surface area contributed by atoms with Crippen LogP contribution in [0.1, 0.15) is 233 Å². The van der Waals surface area contributed by atoms with Crippen LogP contribution in [0.5, 0.6) is 0 Å². The maximum Gasteiger partial charge on any atom is 1.00 e. The summed E-state index contributed by atoms with van der Waals surface area (Å²) >= 11 is 0. The van der Waals surface area contributed by atoms with Crippen molar-refractivity contribution in [2.24, 2.45) is 0 Å². The number of carboxylic acids is 4. The molecule has 0 aliphatic heterocycles. The molecule has 0 fully saturated rings. The van der Waals surface area contributed by atoms with Gasteiger partial charge in [-0.1, -0.05) is 182 Å². The van der Waals surface area contributed by atoms with Gasteiger partial charge in [0.15, 0.2) is 0 Å². The number of hydrogen-bond donors (Lipinski definition) is 0. The van der Waals surface area contributed by atoms with Gasteiger partial charge >= 0.3 is 118 Å². The molecule has 0 aromatic carbocycles. The SMILES string of the molecule is CCCCCCCCCC(=O)[O-].CCCCCCCCCC(=O)[O-].CCCCCCCCCC(=O)[O-].CCCCCCCCCC(=O)[O-].[Na+].[Na+].[Na+].[Na+]. The van der Waals surface area contributed by atoms with Crippen LogP contribution in [0, 0.1) is 0 Å². The first kappa shape index (κ1) is 71.6. The Bertz CT molecular complexity index is 574. The third-order valence-electron chi connectivity index (χ3n) is 7.94. The molecular formula is C40H76Na4O8. The molecule has 0 radical (unpaired) electrons. The summed E-state index contributed by atoms with van der Waals surface area (Å²) in [7, 11) is 0.